The molecule has 0 saturated heterocycles. The van der Waals surface area contributed by atoms with Crippen LogP contribution in [-0.4, -0.2) is 42.3 Å². The standard InChI is InChI=1S/C22H26Cl2N6O3/c23-14-8-4-9-15(24)18(14)21(33)29-16(10-5-11-28-22(26)27)20(32)30-17(19(25)31)12-13-6-2-1-3-7-13/h1-4,6-9,16-17H,5,10-12H2,(H2,25,31)(H,29,33)(H,30,32)(H4,26,27,28)/t16-,17-/m0/s1. The fraction of sp³-hybridized carbons (Fsp3) is 0.273. The van der Waals surface area contributed by atoms with Gasteiger partial charge >= 0.3 is 0 Å². The van der Waals surface area contributed by atoms with E-state index in [9.17, 15) is 14.4 Å². The molecule has 0 heterocycles. The third-order valence-electron chi connectivity index (χ3n) is 4.70. The number of amides is 3. The number of carbonyl (C=O) groups is 3. The van der Waals surface area contributed by atoms with Gasteiger partial charge in [0.05, 0.1) is 15.6 Å². The first-order valence-corrected chi connectivity index (χ1v) is 10.9. The summed E-state index contributed by atoms with van der Waals surface area (Å²) >= 11 is 12.2. The Morgan fingerprint density at radius 2 is 1.52 bits per heavy atom. The van der Waals surface area contributed by atoms with Crippen molar-refractivity contribution in [2.24, 2.45) is 22.2 Å². The van der Waals surface area contributed by atoms with Crippen LogP contribution < -0.4 is 27.8 Å². The monoisotopic (exact) mass is 492 g/mol. The second kappa shape index (κ2) is 12.7. The average Bonchev–Trinajstić information content (AvgIpc) is 2.75. The van der Waals surface area contributed by atoms with Crippen LogP contribution in [0.5, 0.6) is 0 Å². The Kier molecular flexibility index (Phi) is 9.96. The average molecular weight is 493 g/mol. The number of aliphatic imine (C=N–C) groups is 1. The summed E-state index contributed by atoms with van der Waals surface area (Å²) in [6.07, 6.45) is 0.770. The smallest absolute Gasteiger partial charge is 0.254 e. The van der Waals surface area contributed by atoms with E-state index in [4.69, 9.17) is 40.4 Å². The summed E-state index contributed by atoms with van der Waals surface area (Å²) < 4.78 is 0. The lowest BCUT2D eigenvalue weighted by molar-refractivity contribution is -0.128. The number of nitrogens with zero attached hydrogens (tertiary/aromatic N) is 1. The number of guanidine groups is 1. The predicted molar refractivity (Wildman–Crippen MR) is 129 cm³/mol. The normalized spacial score (nSPS) is 12.3. The van der Waals surface area contributed by atoms with Gasteiger partial charge in [0.15, 0.2) is 5.96 Å². The number of halogens is 2. The van der Waals surface area contributed by atoms with Crippen LogP contribution in [0, 0.1) is 0 Å². The molecule has 33 heavy (non-hydrogen) atoms. The summed E-state index contributed by atoms with van der Waals surface area (Å²) in [6.45, 7) is 0.248. The maximum Gasteiger partial charge on any atom is 0.254 e. The van der Waals surface area contributed by atoms with Crippen molar-refractivity contribution in [3.63, 3.8) is 0 Å². The molecule has 0 aliphatic rings. The van der Waals surface area contributed by atoms with E-state index in [0.29, 0.717) is 6.42 Å². The zero-order valence-electron chi connectivity index (χ0n) is 17.8. The second-order valence-electron chi connectivity index (χ2n) is 7.22. The summed E-state index contributed by atoms with van der Waals surface area (Å²) in [5.41, 5.74) is 17.0. The SMILES string of the molecule is NC(=O)[C@H](Cc1ccccc1)NC(=O)[C@H](CCCN=C(N)N)NC(=O)c1c(Cl)cccc1Cl. The lowest BCUT2D eigenvalue weighted by atomic mass is 10.0. The van der Waals surface area contributed by atoms with E-state index >= 15 is 0 Å². The molecule has 0 aliphatic carbocycles. The summed E-state index contributed by atoms with van der Waals surface area (Å²) in [7, 11) is 0. The fourth-order valence-electron chi connectivity index (χ4n) is 3.06. The second-order valence-corrected chi connectivity index (χ2v) is 8.04. The molecule has 0 aliphatic heterocycles. The van der Waals surface area contributed by atoms with E-state index < -0.39 is 29.8 Å². The lowest BCUT2D eigenvalue weighted by Crippen LogP contribution is -2.53. The Morgan fingerprint density at radius 1 is 0.879 bits per heavy atom. The number of benzene rings is 2. The molecule has 2 aromatic rings. The molecule has 0 bridgehead atoms. The Bertz CT molecular complexity index is 992. The highest BCUT2D eigenvalue weighted by Gasteiger charge is 2.27. The molecule has 0 aromatic heterocycles. The molecule has 2 rings (SSSR count). The topological polar surface area (TPSA) is 166 Å². The number of nitrogens with two attached hydrogens (primary N) is 3. The van der Waals surface area contributed by atoms with Crippen LogP contribution >= 0.6 is 23.2 Å². The Balaban J connectivity index is 2.18. The highest BCUT2D eigenvalue weighted by Crippen LogP contribution is 2.24. The molecule has 2 atom stereocenters. The summed E-state index contributed by atoms with van der Waals surface area (Å²) in [5.74, 6) is -2.01. The summed E-state index contributed by atoms with van der Waals surface area (Å²) in [4.78, 5) is 41.7. The largest absolute Gasteiger partial charge is 0.370 e. The molecule has 9 nitrogen and oxygen atoms in total. The molecule has 11 heteroatoms. The fourth-order valence-corrected chi connectivity index (χ4v) is 3.63. The first-order chi connectivity index (χ1) is 15.7. The Hall–Kier alpha value is -3.30. The van der Waals surface area contributed by atoms with Crippen molar-refractivity contribution in [2.75, 3.05) is 6.54 Å². The molecule has 2 aromatic carbocycles. The van der Waals surface area contributed by atoms with Gasteiger partial charge < -0.3 is 27.8 Å². The first kappa shape index (κ1) is 26.0. The van der Waals surface area contributed by atoms with Crippen molar-refractivity contribution in [3.8, 4) is 0 Å². The van der Waals surface area contributed by atoms with E-state index in [1.54, 1.807) is 6.07 Å². The molecule has 8 N–H and O–H groups in total. The van der Waals surface area contributed by atoms with Crippen molar-refractivity contribution >= 4 is 46.9 Å². The van der Waals surface area contributed by atoms with Crippen LogP contribution in [0.3, 0.4) is 0 Å². The predicted octanol–water partition coefficient (Wildman–Crippen LogP) is 1.36. The molecular weight excluding hydrogens is 467 g/mol. The Labute approximate surface area is 201 Å². The van der Waals surface area contributed by atoms with Crippen LogP contribution in [0.1, 0.15) is 28.8 Å². The van der Waals surface area contributed by atoms with E-state index in [1.807, 2.05) is 30.3 Å². The van der Waals surface area contributed by atoms with Crippen LogP contribution in [-0.2, 0) is 16.0 Å². The molecule has 176 valence electrons. The molecular formula is C22H26Cl2N6O3. The minimum atomic E-state index is -1.02. The zero-order valence-corrected chi connectivity index (χ0v) is 19.3. The van der Waals surface area contributed by atoms with Gasteiger partial charge in [-0.1, -0.05) is 59.6 Å². The van der Waals surface area contributed by atoms with E-state index in [-0.39, 0.29) is 41.0 Å². The summed E-state index contributed by atoms with van der Waals surface area (Å²) in [5, 5.41) is 5.52. The van der Waals surface area contributed by atoms with Crippen molar-refractivity contribution in [2.45, 2.75) is 31.3 Å². The van der Waals surface area contributed by atoms with Gasteiger partial charge in [-0.25, -0.2) is 0 Å². The van der Waals surface area contributed by atoms with Gasteiger partial charge in [-0.3, -0.25) is 19.4 Å². The lowest BCUT2D eigenvalue weighted by Gasteiger charge is -2.22. The van der Waals surface area contributed by atoms with Crippen molar-refractivity contribution < 1.29 is 14.4 Å². The minimum Gasteiger partial charge on any atom is -0.370 e. The van der Waals surface area contributed by atoms with Gasteiger partial charge in [0.1, 0.15) is 12.1 Å². The van der Waals surface area contributed by atoms with Crippen LogP contribution in [0.4, 0.5) is 0 Å². The Morgan fingerprint density at radius 3 is 2.09 bits per heavy atom. The van der Waals surface area contributed by atoms with Crippen molar-refractivity contribution in [1.82, 2.24) is 10.6 Å². The van der Waals surface area contributed by atoms with E-state index in [0.717, 1.165) is 5.56 Å². The highest BCUT2D eigenvalue weighted by atomic mass is 35.5. The van der Waals surface area contributed by atoms with Crippen molar-refractivity contribution in [3.05, 3.63) is 69.7 Å². The van der Waals surface area contributed by atoms with Gasteiger partial charge in [0, 0.05) is 13.0 Å². The van der Waals surface area contributed by atoms with E-state index in [1.165, 1.54) is 12.1 Å². The number of hydrogen-bond donors (Lipinski definition) is 5. The van der Waals surface area contributed by atoms with E-state index in [2.05, 4.69) is 15.6 Å². The third-order valence-corrected chi connectivity index (χ3v) is 5.33. The maximum absolute atomic E-state index is 13.0. The minimum absolute atomic E-state index is 0.0404. The number of nitrogens with one attached hydrogen (secondary N) is 2. The van der Waals surface area contributed by atoms with Gasteiger partial charge in [-0.15, -0.1) is 0 Å². The number of carbonyl (C=O) groups excluding carboxylic acids is 3. The van der Waals surface area contributed by atoms with Crippen molar-refractivity contribution in [1.29, 1.82) is 0 Å². The first-order valence-electron chi connectivity index (χ1n) is 10.1. The van der Waals surface area contributed by atoms with Crippen LogP contribution in [0.25, 0.3) is 0 Å². The molecule has 0 spiro atoms. The quantitative estimate of drug-likeness (QED) is 0.181. The van der Waals surface area contributed by atoms with Gasteiger partial charge in [-0.05, 0) is 30.5 Å². The molecule has 0 fully saturated rings. The number of hydrogen-bond acceptors (Lipinski definition) is 4. The molecule has 0 saturated carbocycles. The van der Waals surface area contributed by atoms with Gasteiger partial charge in [-0.2, -0.15) is 0 Å². The van der Waals surface area contributed by atoms with Gasteiger partial charge in [0.2, 0.25) is 11.8 Å². The number of rotatable bonds is 11. The molecule has 0 unspecified atom stereocenters. The maximum atomic E-state index is 13.0. The molecule has 0 radical (unpaired) electrons. The summed E-state index contributed by atoms with van der Waals surface area (Å²) in [6, 6.07) is 11.7. The van der Waals surface area contributed by atoms with Crippen LogP contribution in [0.2, 0.25) is 10.0 Å². The highest BCUT2D eigenvalue weighted by molar-refractivity contribution is 6.39. The van der Waals surface area contributed by atoms with Crippen LogP contribution in [0.15, 0.2) is 53.5 Å². The zero-order chi connectivity index (χ0) is 24.4. The number of primary amides is 1. The molecule has 3 amide bonds. The third kappa shape index (κ3) is 8.28. The van der Waals surface area contributed by atoms with Gasteiger partial charge in [0.25, 0.3) is 5.91 Å².